The lowest BCUT2D eigenvalue weighted by atomic mass is 10.2. The first-order valence-corrected chi connectivity index (χ1v) is 9.08. The summed E-state index contributed by atoms with van der Waals surface area (Å²) in [5.41, 5.74) is 0.387. The fourth-order valence-electron chi connectivity index (χ4n) is 2.53. The van der Waals surface area contributed by atoms with Gasteiger partial charge in [0, 0.05) is 5.69 Å². The van der Waals surface area contributed by atoms with Gasteiger partial charge in [0.15, 0.2) is 0 Å². The number of carbonyl (C=O) groups is 1. The monoisotopic (exact) mass is 346 g/mol. The lowest BCUT2D eigenvalue weighted by molar-refractivity contribution is -0.117. The maximum atomic E-state index is 12.4. The molecule has 1 aromatic rings. The van der Waals surface area contributed by atoms with Gasteiger partial charge in [0.05, 0.1) is 11.4 Å². The number of benzene rings is 1. The molecule has 0 bridgehead atoms. The predicted octanol–water partition coefficient (Wildman–Crippen LogP) is 2.50. The molecule has 1 aliphatic rings. The fourth-order valence-corrected chi connectivity index (χ4v) is 3.25. The lowest BCUT2D eigenvalue weighted by Gasteiger charge is -2.19. The molecule has 8 heteroatoms. The van der Waals surface area contributed by atoms with Crippen LogP contribution < -0.4 is 5.32 Å². The number of sulfone groups is 1. The summed E-state index contributed by atoms with van der Waals surface area (Å²) in [6, 6.07) is 4.78. The predicted molar refractivity (Wildman–Crippen MR) is 83.2 cm³/mol. The van der Waals surface area contributed by atoms with Crippen LogP contribution in [-0.2, 0) is 14.6 Å². The Morgan fingerprint density at radius 1 is 1.09 bits per heavy atom. The van der Waals surface area contributed by atoms with Crippen LogP contribution in [0.2, 0.25) is 0 Å². The second-order valence-corrected chi connectivity index (χ2v) is 7.49. The minimum absolute atomic E-state index is 0.198. The number of anilines is 1. The van der Waals surface area contributed by atoms with Gasteiger partial charge in [0.2, 0.25) is 15.7 Å². The van der Waals surface area contributed by atoms with Crippen molar-refractivity contribution in [2.45, 2.75) is 36.3 Å². The second-order valence-electron chi connectivity index (χ2n) is 5.57. The number of carbonyl (C=O) groups excluding carboxylic acids is 1. The Morgan fingerprint density at radius 2 is 1.65 bits per heavy atom. The van der Waals surface area contributed by atoms with E-state index in [4.69, 9.17) is 0 Å². The number of likely N-dealkylation sites (tertiary alicyclic amines) is 1. The van der Waals surface area contributed by atoms with Crippen molar-refractivity contribution in [3.63, 3.8) is 0 Å². The molecule has 0 spiro atoms. The van der Waals surface area contributed by atoms with Gasteiger partial charge in [-0.3, -0.25) is 9.69 Å². The van der Waals surface area contributed by atoms with Gasteiger partial charge in [0.25, 0.3) is 0 Å². The highest BCUT2D eigenvalue weighted by Gasteiger charge is 2.26. The molecule has 1 N–H and O–H groups in total. The normalized spacial score (nSPS) is 17.0. The molecular weight excluding hydrogens is 326 g/mol. The zero-order chi connectivity index (χ0) is 16.9. The van der Waals surface area contributed by atoms with Gasteiger partial charge in [-0.2, -0.15) is 8.78 Å². The highest BCUT2D eigenvalue weighted by Crippen LogP contribution is 2.20. The van der Waals surface area contributed by atoms with Crippen LogP contribution in [0.15, 0.2) is 29.2 Å². The van der Waals surface area contributed by atoms with Crippen LogP contribution in [0.4, 0.5) is 14.5 Å². The van der Waals surface area contributed by atoms with Crippen LogP contribution in [0.1, 0.15) is 25.7 Å². The smallest absolute Gasteiger partial charge is 0.325 e. The van der Waals surface area contributed by atoms with Crippen molar-refractivity contribution in [2.75, 3.05) is 25.0 Å². The van der Waals surface area contributed by atoms with Gasteiger partial charge < -0.3 is 5.32 Å². The van der Waals surface area contributed by atoms with Crippen LogP contribution in [0.3, 0.4) is 0 Å². The third-order valence-electron chi connectivity index (χ3n) is 3.77. The summed E-state index contributed by atoms with van der Waals surface area (Å²) in [5.74, 6) is -3.65. The number of nitrogens with zero attached hydrogens (tertiary/aromatic N) is 1. The zero-order valence-corrected chi connectivity index (χ0v) is 13.5. The maximum absolute atomic E-state index is 12.4. The Labute approximate surface area is 134 Å². The van der Waals surface area contributed by atoms with Crippen LogP contribution in [0, 0.1) is 0 Å². The highest BCUT2D eigenvalue weighted by atomic mass is 32.2. The fraction of sp³-hybridized carbons (Fsp3) is 0.533. The Balaban J connectivity index is 1.94. The molecule has 128 valence electrons. The number of hydrogen-bond acceptors (Lipinski definition) is 4. The first kappa shape index (κ1) is 17.8. The first-order valence-electron chi connectivity index (χ1n) is 7.54. The number of hydrogen-bond donors (Lipinski definition) is 1. The quantitative estimate of drug-likeness (QED) is 0.890. The van der Waals surface area contributed by atoms with Crippen molar-refractivity contribution in [2.24, 2.45) is 0 Å². The van der Waals surface area contributed by atoms with Gasteiger partial charge in [-0.05, 0) is 50.2 Å². The third-order valence-corrected chi connectivity index (χ3v) is 5.17. The molecule has 0 aromatic heterocycles. The van der Waals surface area contributed by atoms with Crippen molar-refractivity contribution >= 4 is 21.4 Å². The van der Waals surface area contributed by atoms with Crippen molar-refractivity contribution in [1.82, 2.24) is 4.90 Å². The molecule has 1 aromatic carbocycles. The summed E-state index contributed by atoms with van der Waals surface area (Å²) in [6.45, 7) is 2.05. The van der Waals surface area contributed by atoms with Gasteiger partial charge in [-0.1, -0.05) is 12.8 Å². The highest BCUT2D eigenvalue weighted by molar-refractivity contribution is 7.91. The Kier molecular flexibility index (Phi) is 6.06. The SMILES string of the molecule is O=C(CN1CCCCCC1)Nc1ccc(S(=O)(=O)C(F)F)cc1. The van der Waals surface area contributed by atoms with Gasteiger partial charge >= 0.3 is 5.76 Å². The Bertz CT molecular complexity index is 625. The summed E-state index contributed by atoms with van der Waals surface area (Å²) in [5, 5.41) is 2.65. The molecule has 0 saturated carbocycles. The average molecular weight is 346 g/mol. The molecule has 1 amide bonds. The number of nitrogens with one attached hydrogen (secondary N) is 1. The summed E-state index contributed by atoms with van der Waals surface area (Å²) in [4.78, 5) is 13.6. The van der Waals surface area contributed by atoms with Crippen molar-refractivity contribution in [3.8, 4) is 0 Å². The maximum Gasteiger partial charge on any atom is 0.341 e. The van der Waals surface area contributed by atoms with E-state index >= 15 is 0 Å². The molecule has 5 nitrogen and oxygen atoms in total. The van der Waals surface area contributed by atoms with E-state index in [-0.39, 0.29) is 12.5 Å². The van der Waals surface area contributed by atoms with Crippen molar-refractivity contribution in [3.05, 3.63) is 24.3 Å². The first-order chi connectivity index (χ1) is 10.9. The molecule has 0 unspecified atom stereocenters. The van der Waals surface area contributed by atoms with Crippen LogP contribution in [0.25, 0.3) is 0 Å². The molecular formula is C15H20F2N2O3S. The second kappa shape index (κ2) is 7.83. The van der Waals surface area contributed by atoms with E-state index in [1.54, 1.807) is 0 Å². The number of amides is 1. The minimum atomic E-state index is -4.60. The van der Waals surface area contributed by atoms with Crippen molar-refractivity contribution < 1.29 is 22.0 Å². The van der Waals surface area contributed by atoms with E-state index in [9.17, 15) is 22.0 Å². The topological polar surface area (TPSA) is 66.5 Å². The number of alkyl halides is 2. The molecule has 0 radical (unpaired) electrons. The molecule has 23 heavy (non-hydrogen) atoms. The largest absolute Gasteiger partial charge is 0.341 e. The van der Waals surface area contributed by atoms with Gasteiger partial charge in [0.1, 0.15) is 0 Å². The standard InChI is InChI=1S/C15H20F2N2O3S/c16-15(17)23(21,22)13-7-5-12(6-8-13)18-14(20)11-19-9-3-1-2-4-10-19/h5-8,15H,1-4,9-11H2,(H,18,20). The summed E-state index contributed by atoms with van der Waals surface area (Å²) >= 11 is 0. The Hall–Kier alpha value is -1.54. The van der Waals surface area contributed by atoms with E-state index in [0.717, 1.165) is 38.1 Å². The molecule has 2 rings (SSSR count). The molecule has 0 aliphatic carbocycles. The molecule has 1 fully saturated rings. The van der Waals surface area contributed by atoms with E-state index < -0.39 is 20.5 Å². The number of halogens is 2. The third kappa shape index (κ3) is 4.97. The summed E-state index contributed by atoms with van der Waals surface area (Å²) < 4.78 is 47.5. The molecule has 0 atom stereocenters. The summed E-state index contributed by atoms with van der Waals surface area (Å²) in [6.07, 6.45) is 4.51. The average Bonchev–Trinajstić information content (AvgIpc) is 2.76. The van der Waals surface area contributed by atoms with Gasteiger partial charge in [-0.15, -0.1) is 0 Å². The molecule has 1 aliphatic heterocycles. The van der Waals surface area contributed by atoms with E-state index in [1.807, 2.05) is 0 Å². The van der Waals surface area contributed by atoms with Crippen molar-refractivity contribution in [1.29, 1.82) is 0 Å². The molecule has 1 heterocycles. The van der Waals surface area contributed by atoms with E-state index in [0.29, 0.717) is 5.69 Å². The summed E-state index contributed by atoms with van der Waals surface area (Å²) in [7, 11) is -4.60. The van der Waals surface area contributed by atoms with Crippen LogP contribution in [0.5, 0.6) is 0 Å². The minimum Gasteiger partial charge on any atom is -0.325 e. The van der Waals surface area contributed by atoms with Crippen LogP contribution in [-0.4, -0.2) is 44.6 Å². The van der Waals surface area contributed by atoms with E-state index in [2.05, 4.69) is 10.2 Å². The van der Waals surface area contributed by atoms with Gasteiger partial charge in [-0.25, -0.2) is 8.42 Å². The molecule has 1 saturated heterocycles. The lowest BCUT2D eigenvalue weighted by Crippen LogP contribution is -2.33. The Morgan fingerprint density at radius 3 is 2.17 bits per heavy atom. The van der Waals surface area contributed by atoms with Crippen LogP contribution >= 0.6 is 0 Å². The zero-order valence-electron chi connectivity index (χ0n) is 12.7. The van der Waals surface area contributed by atoms with E-state index in [1.165, 1.54) is 25.0 Å². The number of rotatable bonds is 5.